The molecular formula is C11H12FN3. The molecule has 2 rings (SSSR count). The Kier molecular flexibility index (Phi) is 2.51. The Balaban J connectivity index is 2.52. The van der Waals surface area contributed by atoms with Crippen molar-refractivity contribution in [2.24, 2.45) is 5.73 Å². The lowest BCUT2D eigenvalue weighted by molar-refractivity contribution is 0.627. The Morgan fingerprint density at radius 2 is 2.00 bits per heavy atom. The van der Waals surface area contributed by atoms with Crippen molar-refractivity contribution in [1.29, 1.82) is 0 Å². The van der Waals surface area contributed by atoms with Gasteiger partial charge in [-0.25, -0.2) is 9.37 Å². The van der Waals surface area contributed by atoms with Crippen molar-refractivity contribution in [3.8, 4) is 5.69 Å². The fraction of sp³-hybridized carbons (Fsp3) is 0.182. The maximum absolute atomic E-state index is 12.8. The van der Waals surface area contributed by atoms with Crippen LogP contribution in [0.1, 0.15) is 11.5 Å². The Hall–Kier alpha value is -1.68. The number of benzene rings is 1. The third kappa shape index (κ3) is 1.76. The molecule has 1 aromatic carbocycles. The Labute approximate surface area is 87.4 Å². The van der Waals surface area contributed by atoms with E-state index in [9.17, 15) is 4.39 Å². The van der Waals surface area contributed by atoms with Crippen molar-refractivity contribution < 1.29 is 4.39 Å². The fourth-order valence-electron chi connectivity index (χ4n) is 1.57. The molecule has 15 heavy (non-hydrogen) atoms. The van der Waals surface area contributed by atoms with E-state index in [1.54, 1.807) is 18.3 Å². The van der Waals surface area contributed by atoms with Crippen LogP contribution in [0.4, 0.5) is 4.39 Å². The number of aromatic nitrogens is 2. The summed E-state index contributed by atoms with van der Waals surface area (Å²) in [4.78, 5) is 4.18. The van der Waals surface area contributed by atoms with Gasteiger partial charge in [0.05, 0.1) is 6.54 Å². The fourth-order valence-corrected chi connectivity index (χ4v) is 1.57. The molecule has 0 aliphatic rings. The molecule has 0 saturated carbocycles. The standard InChI is InChI=1S/C11H12FN3/c1-8-7-14-11(6-13)15(8)10-4-2-9(12)3-5-10/h2-5,7H,6,13H2,1H3. The highest BCUT2D eigenvalue weighted by molar-refractivity contribution is 5.35. The molecule has 0 aliphatic heterocycles. The van der Waals surface area contributed by atoms with E-state index in [-0.39, 0.29) is 5.82 Å². The number of halogens is 1. The molecule has 2 N–H and O–H groups in total. The monoisotopic (exact) mass is 205 g/mol. The summed E-state index contributed by atoms with van der Waals surface area (Å²) in [6.07, 6.45) is 1.76. The second-order valence-electron chi connectivity index (χ2n) is 3.33. The molecule has 0 radical (unpaired) electrons. The summed E-state index contributed by atoms with van der Waals surface area (Å²) in [6.45, 7) is 2.31. The molecule has 0 atom stereocenters. The Morgan fingerprint density at radius 3 is 2.60 bits per heavy atom. The van der Waals surface area contributed by atoms with Gasteiger partial charge in [-0.15, -0.1) is 0 Å². The maximum atomic E-state index is 12.8. The van der Waals surface area contributed by atoms with Gasteiger partial charge in [-0.1, -0.05) is 0 Å². The average Bonchev–Trinajstić information content (AvgIpc) is 2.61. The Morgan fingerprint density at radius 1 is 1.33 bits per heavy atom. The van der Waals surface area contributed by atoms with Gasteiger partial charge in [-0.3, -0.25) is 4.57 Å². The molecule has 0 fully saturated rings. The highest BCUT2D eigenvalue weighted by Crippen LogP contribution is 2.14. The first-order valence-corrected chi connectivity index (χ1v) is 4.71. The smallest absolute Gasteiger partial charge is 0.127 e. The van der Waals surface area contributed by atoms with Crippen LogP contribution in [-0.4, -0.2) is 9.55 Å². The van der Waals surface area contributed by atoms with Crippen molar-refractivity contribution in [3.63, 3.8) is 0 Å². The van der Waals surface area contributed by atoms with Crippen LogP contribution in [0.5, 0.6) is 0 Å². The number of nitrogens with two attached hydrogens (primary N) is 1. The third-order valence-electron chi connectivity index (χ3n) is 2.28. The van der Waals surface area contributed by atoms with Gasteiger partial charge in [0.25, 0.3) is 0 Å². The van der Waals surface area contributed by atoms with Gasteiger partial charge in [0, 0.05) is 17.6 Å². The minimum atomic E-state index is -0.245. The van der Waals surface area contributed by atoms with Gasteiger partial charge in [0.1, 0.15) is 11.6 Å². The van der Waals surface area contributed by atoms with Crippen LogP contribution in [0, 0.1) is 12.7 Å². The molecule has 0 unspecified atom stereocenters. The van der Waals surface area contributed by atoms with E-state index in [1.165, 1.54) is 12.1 Å². The first-order chi connectivity index (χ1) is 7.22. The highest BCUT2D eigenvalue weighted by atomic mass is 19.1. The molecule has 78 valence electrons. The van der Waals surface area contributed by atoms with Crippen LogP contribution in [-0.2, 0) is 6.54 Å². The van der Waals surface area contributed by atoms with Crippen molar-refractivity contribution in [1.82, 2.24) is 9.55 Å². The highest BCUT2D eigenvalue weighted by Gasteiger charge is 2.06. The van der Waals surface area contributed by atoms with Crippen LogP contribution in [0.25, 0.3) is 5.69 Å². The van der Waals surface area contributed by atoms with E-state index in [0.717, 1.165) is 17.2 Å². The summed E-state index contributed by atoms with van der Waals surface area (Å²) in [5.41, 5.74) is 7.44. The van der Waals surface area contributed by atoms with Crippen LogP contribution in [0.2, 0.25) is 0 Å². The molecule has 0 aliphatic carbocycles. The topological polar surface area (TPSA) is 43.8 Å². The number of aryl methyl sites for hydroxylation is 1. The molecule has 0 spiro atoms. The number of rotatable bonds is 2. The SMILES string of the molecule is Cc1cnc(CN)n1-c1ccc(F)cc1. The number of nitrogens with zero attached hydrogens (tertiary/aromatic N) is 2. The van der Waals surface area contributed by atoms with E-state index in [0.29, 0.717) is 6.54 Å². The second kappa shape index (κ2) is 3.82. The predicted molar refractivity (Wildman–Crippen MR) is 56.2 cm³/mol. The number of imidazole rings is 1. The summed E-state index contributed by atoms with van der Waals surface area (Å²) in [5.74, 6) is 0.532. The minimum Gasteiger partial charge on any atom is -0.324 e. The van der Waals surface area contributed by atoms with Gasteiger partial charge in [0.2, 0.25) is 0 Å². The average molecular weight is 205 g/mol. The van der Waals surface area contributed by atoms with Gasteiger partial charge in [-0.2, -0.15) is 0 Å². The molecule has 2 aromatic rings. The zero-order valence-electron chi connectivity index (χ0n) is 8.44. The summed E-state index contributed by atoms with van der Waals surface area (Å²) in [7, 11) is 0. The van der Waals surface area contributed by atoms with E-state index < -0.39 is 0 Å². The van der Waals surface area contributed by atoms with Gasteiger partial charge >= 0.3 is 0 Å². The van der Waals surface area contributed by atoms with E-state index in [1.807, 2.05) is 11.5 Å². The Bertz CT molecular complexity index is 459. The molecule has 0 bridgehead atoms. The quantitative estimate of drug-likeness (QED) is 0.812. The third-order valence-corrected chi connectivity index (χ3v) is 2.28. The zero-order chi connectivity index (χ0) is 10.8. The first-order valence-electron chi connectivity index (χ1n) is 4.71. The predicted octanol–water partition coefficient (Wildman–Crippen LogP) is 1.78. The lowest BCUT2D eigenvalue weighted by Gasteiger charge is -2.08. The minimum absolute atomic E-state index is 0.245. The van der Waals surface area contributed by atoms with Gasteiger partial charge < -0.3 is 5.73 Å². The van der Waals surface area contributed by atoms with Gasteiger partial charge in [0.15, 0.2) is 0 Å². The first kappa shape index (κ1) is 9.86. The van der Waals surface area contributed by atoms with Crippen molar-refractivity contribution >= 4 is 0 Å². The van der Waals surface area contributed by atoms with Crippen LogP contribution in [0.3, 0.4) is 0 Å². The largest absolute Gasteiger partial charge is 0.324 e. The maximum Gasteiger partial charge on any atom is 0.127 e. The van der Waals surface area contributed by atoms with Crippen molar-refractivity contribution in [3.05, 3.63) is 47.8 Å². The van der Waals surface area contributed by atoms with Crippen LogP contribution in [0.15, 0.2) is 30.5 Å². The molecule has 1 heterocycles. The molecular weight excluding hydrogens is 193 g/mol. The number of hydrogen-bond acceptors (Lipinski definition) is 2. The van der Waals surface area contributed by atoms with E-state index >= 15 is 0 Å². The number of hydrogen-bond donors (Lipinski definition) is 1. The molecule has 1 aromatic heterocycles. The van der Waals surface area contributed by atoms with E-state index in [4.69, 9.17) is 5.73 Å². The lowest BCUT2D eigenvalue weighted by atomic mass is 10.3. The summed E-state index contributed by atoms with van der Waals surface area (Å²) < 4.78 is 14.7. The van der Waals surface area contributed by atoms with Crippen molar-refractivity contribution in [2.75, 3.05) is 0 Å². The molecule has 0 amide bonds. The molecule has 3 nitrogen and oxygen atoms in total. The van der Waals surface area contributed by atoms with E-state index in [2.05, 4.69) is 4.98 Å². The van der Waals surface area contributed by atoms with Crippen LogP contribution >= 0.6 is 0 Å². The lowest BCUT2D eigenvalue weighted by Crippen LogP contribution is -2.07. The summed E-state index contributed by atoms with van der Waals surface area (Å²) >= 11 is 0. The zero-order valence-corrected chi connectivity index (χ0v) is 8.44. The second-order valence-corrected chi connectivity index (χ2v) is 3.33. The summed E-state index contributed by atoms with van der Waals surface area (Å²) in [5, 5.41) is 0. The molecule has 4 heteroatoms. The molecule has 0 saturated heterocycles. The summed E-state index contributed by atoms with van der Waals surface area (Å²) in [6, 6.07) is 6.27. The normalized spacial score (nSPS) is 10.6. The van der Waals surface area contributed by atoms with Crippen molar-refractivity contribution in [2.45, 2.75) is 13.5 Å². The van der Waals surface area contributed by atoms with Gasteiger partial charge in [-0.05, 0) is 31.2 Å². The van der Waals surface area contributed by atoms with Crippen LogP contribution < -0.4 is 5.73 Å².